The van der Waals surface area contributed by atoms with Crippen molar-refractivity contribution in [3.63, 3.8) is 0 Å². The minimum atomic E-state index is 0.318. The molecule has 21 heavy (non-hydrogen) atoms. The number of hydrogen-bond donors (Lipinski definition) is 1. The molecule has 1 N–H and O–H groups in total. The van der Waals surface area contributed by atoms with Crippen molar-refractivity contribution in [1.29, 1.82) is 0 Å². The Morgan fingerprint density at radius 1 is 1.19 bits per heavy atom. The summed E-state index contributed by atoms with van der Waals surface area (Å²) in [5.74, 6) is 1.73. The predicted octanol–water partition coefficient (Wildman–Crippen LogP) is 3.63. The summed E-state index contributed by atoms with van der Waals surface area (Å²) < 4.78 is 5.37. The van der Waals surface area contributed by atoms with Crippen LogP contribution in [0.1, 0.15) is 29.7 Å². The number of para-hydroxylation sites is 1. The summed E-state index contributed by atoms with van der Waals surface area (Å²) in [6.45, 7) is 0.657. The van der Waals surface area contributed by atoms with Crippen molar-refractivity contribution in [2.75, 3.05) is 12.4 Å². The maximum absolute atomic E-state index is 6.04. The second-order valence-corrected chi connectivity index (χ2v) is 5.48. The van der Waals surface area contributed by atoms with Gasteiger partial charge in [0.25, 0.3) is 0 Å². The first-order valence-corrected chi connectivity index (χ1v) is 7.57. The topological polar surface area (TPSA) is 47.0 Å². The van der Waals surface area contributed by atoms with Crippen LogP contribution in [-0.2, 0) is 19.4 Å². The first kappa shape index (κ1) is 14.1. The fraction of sp³-hybridized carbons (Fsp3) is 0.375. The Bertz CT molecular complexity index is 645. The minimum Gasteiger partial charge on any atom is -0.496 e. The van der Waals surface area contributed by atoms with Crippen LogP contribution in [0.3, 0.4) is 0 Å². The molecule has 3 rings (SSSR count). The maximum Gasteiger partial charge on any atom is 0.224 e. The zero-order valence-corrected chi connectivity index (χ0v) is 12.8. The van der Waals surface area contributed by atoms with Crippen LogP contribution in [0.4, 0.5) is 5.82 Å². The Kier molecular flexibility index (Phi) is 4.25. The highest BCUT2D eigenvalue weighted by Gasteiger charge is 2.17. The predicted molar refractivity (Wildman–Crippen MR) is 84.0 cm³/mol. The number of aryl methyl sites for hydroxylation is 1. The van der Waals surface area contributed by atoms with Crippen molar-refractivity contribution in [1.82, 2.24) is 9.97 Å². The molecule has 110 valence electrons. The number of rotatable bonds is 4. The molecule has 5 heteroatoms. The van der Waals surface area contributed by atoms with Gasteiger partial charge < -0.3 is 10.1 Å². The van der Waals surface area contributed by atoms with Gasteiger partial charge >= 0.3 is 0 Å². The Hall–Kier alpha value is -1.81. The molecule has 1 aromatic carbocycles. The molecule has 0 fully saturated rings. The molecule has 0 bridgehead atoms. The van der Waals surface area contributed by atoms with Gasteiger partial charge in [-0.1, -0.05) is 18.2 Å². The SMILES string of the molecule is COc1ccccc1CNc1nc(Cl)nc2c1CCCC2. The largest absolute Gasteiger partial charge is 0.496 e. The van der Waals surface area contributed by atoms with Gasteiger partial charge in [-0.25, -0.2) is 9.97 Å². The van der Waals surface area contributed by atoms with E-state index in [9.17, 15) is 0 Å². The van der Waals surface area contributed by atoms with E-state index in [-0.39, 0.29) is 0 Å². The summed E-state index contributed by atoms with van der Waals surface area (Å²) >= 11 is 6.04. The minimum absolute atomic E-state index is 0.318. The van der Waals surface area contributed by atoms with Crippen LogP contribution in [-0.4, -0.2) is 17.1 Å². The fourth-order valence-corrected chi connectivity index (χ4v) is 2.92. The molecular formula is C16H18ClN3O. The van der Waals surface area contributed by atoms with Crippen LogP contribution in [0.2, 0.25) is 5.28 Å². The van der Waals surface area contributed by atoms with E-state index in [0.29, 0.717) is 11.8 Å². The van der Waals surface area contributed by atoms with Crippen molar-refractivity contribution in [2.24, 2.45) is 0 Å². The van der Waals surface area contributed by atoms with Gasteiger partial charge in [-0.05, 0) is 43.4 Å². The van der Waals surface area contributed by atoms with Crippen LogP contribution < -0.4 is 10.1 Å². The van der Waals surface area contributed by atoms with E-state index < -0.39 is 0 Å². The summed E-state index contributed by atoms with van der Waals surface area (Å²) in [4.78, 5) is 8.71. The standard InChI is InChI=1S/C16H18ClN3O/c1-21-14-9-5-2-6-11(14)10-18-15-12-7-3-4-8-13(12)19-16(17)20-15/h2,5-6,9H,3-4,7-8,10H2,1H3,(H,18,19,20). The molecule has 0 atom stereocenters. The lowest BCUT2D eigenvalue weighted by Gasteiger charge is -2.19. The Balaban J connectivity index is 1.83. The number of benzene rings is 1. The van der Waals surface area contributed by atoms with Crippen LogP contribution in [0.5, 0.6) is 5.75 Å². The molecule has 0 saturated heterocycles. The number of methoxy groups -OCH3 is 1. The van der Waals surface area contributed by atoms with Crippen molar-refractivity contribution in [2.45, 2.75) is 32.2 Å². The Morgan fingerprint density at radius 2 is 2.00 bits per heavy atom. The number of ether oxygens (including phenoxy) is 1. The first-order valence-electron chi connectivity index (χ1n) is 7.19. The number of aromatic nitrogens is 2. The fourth-order valence-electron chi connectivity index (χ4n) is 2.74. The second-order valence-electron chi connectivity index (χ2n) is 5.14. The Morgan fingerprint density at radius 3 is 2.86 bits per heavy atom. The summed E-state index contributed by atoms with van der Waals surface area (Å²) in [6, 6.07) is 7.97. The molecule has 1 aromatic heterocycles. The molecule has 4 nitrogen and oxygen atoms in total. The van der Waals surface area contributed by atoms with Gasteiger partial charge in [-0.3, -0.25) is 0 Å². The normalized spacial score (nSPS) is 13.6. The van der Waals surface area contributed by atoms with E-state index in [1.54, 1.807) is 7.11 Å². The van der Waals surface area contributed by atoms with Crippen LogP contribution in [0, 0.1) is 0 Å². The number of halogens is 1. The van der Waals surface area contributed by atoms with Gasteiger partial charge in [0.05, 0.1) is 12.8 Å². The molecule has 1 aliphatic rings. The lowest BCUT2D eigenvalue weighted by molar-refractivity contribution is 0.410. The smallest absolute Gasteiger partial charge is 0.224 e. The number of nitrogens with zero attached hydrogens (tertiary/aromatic N) is 2. The van der Waals surface area contributed by atoms with Gasteiger partial charge in [0.1, 0.15) is 11.6 Å². The zero-order chi connectivity index (χ0) is 14.7. The summed E-state index contributed by atoms with van der Waals surface area (Å²) in [6.07, 6.45) is 4.36. The molecule has 1 heterocycles. The third kappa shape index (κ3) is 3.10. The zero-order valence-electron chi connectivity index (χ0n) is 12.0. The average Bonchev–Trinajstić information content (AvgIpc) is 2.52. The van der Waals surface area contributed by atoms with Crippen molar-refractivity contribution >= 4 is 17.4 Å². The van der Waals surface area contributed by atoms with Gasteiger partial charge in [0, 0.05) is 17.7 Å². The van der Waals surface area contributed by atoms with Crippen LogP contribution in [0.25, 0.3) is 0 Å². The maximum atomic E-state index is 6.04. The number of anilines is 1. The molecule has 0 aliphatic heterocycles. The molecule has 0 radical (unpaired) electrons. The van der Waals surface area contributed by atoms with Gasteiger partial charge in [-0.15, -0.1) is 0 Å². The molecular weight excluding hydrogens is 286 g/mol. The van der Waals surface area contributed by atoms with Gasteiger partial charge in [-0.2, -0.15) is 0 Å². The van der Waals surface area contributed by atoms with E-state index in [1.165, 1.54) is 18.4 Å². The van der Waals surface area contributed by atoms with Crippen LogP contribution in [0.15, 0.2) is 24.3 Å². The lowest BCUT2D eigenvalue weighted by Crippen LogP contribution is -2.13. The summed E-state index contributed by atoms with van der Waals surface area (Å²) in [5, 5.41) is 3.71. The third-order valence-corrected chi connectivity index (χ3v) is 3.96. The number of hydrogen-bond acceptors (Lipinski definition) is 4. The highest BCUT2D eigenvalue weighted by molar-refractivity contribution is 6.28. The van der Waals surface area contributed by atoms with E-state index >= 15 is 0 Å². The van der Waals surface area contributed by atoms with E-state index in [4.69, 9.17) is 16.3 Å². The quantitative estimate of drug-likeness (QED) is 0.876. The molecule has 0 unspecified atom stereocenters. The molecule has 1 aliphatic carbocycles. The number of nitrogens with one attached hydrogen (secondary N) is 1. The first-order chi connectivity index (χ1) is 10.3. The highest BCUT2D eigenvalue weighted by Crippen LogP contribution is 2.27. The lowest BCUT2D eigenvalue weighted by atomic mass is 9.96. The van der Waals surface area contributed by atoms with Crippen molar-refractivity contribution in [3.05, 3.63) is 46.4 Å². The summed E-state index contributed by atoms with van der Waals surface area (Å²) in [5.41, 5.74) is 3.39. The third-order valence-electron chi connectivity index (χ3n) is 3.79. The van der Waals surface area contributed by atoms with Gasteiger partial charge in [0.15, 0.2) is 0 Å². The average molecular weight is 304 g/mol. The second kappa shape index (κ2) is 6.31. The van der Waals surface area contributed by atoms with Crippen molar-refractivity contribution < 1.29 is 4.74 Å². The highest BCUT2D eigenvalue weighted by atomic mass is 35.5. The van der Waals surface area contributed by atoms with Crippen molar-refractivity contribution in [3.8, 4) is 5.75 Å². The van der Waals surface area contributed by atoms with Gasteiger partial charge in [0.2, 0.25) is 5.28 Å². The Labute approximate surface area is 129 Å². The molecule has 0 amide bonds. The van der Waals surface area contributed by atoms with E-state index in [0.717, 1.165) is 35.7 Å². The molecule has 0 saturated carbocycles. The monoisotopic (exact) mass is 303 g/mol. The molecule has 0 spiro atoms. The summed E-state index contributed by atoms with van der Waals surface area (Å²) in [7, 11) is 1.68. The molecule has 2 aromatic rings. The van der Waals surface area contributed by atoms with E-state index in [1.807, 2.05) is 24.3 Å². The number of fused-ring (bicyclic) bond motifs is 1. The van der Waals surface area contributed by atoms with Crippen LogP contribution >= 0.6 is 11.6 Å². The van der Waals surface area contributed by atoms with E-state index in [2.05, 4.69) is 15.3 Å².